The molecule has 0 amide bonds. The summed E-state index contributed by atoms with van der Waals surface area (Å²) in [4.78, 5) is 17.4. The molecule has 0 radical (unpaired) electrons. The number of benzene rings is 2. The second-order valence-electron chi connectivity index (χ2n) is 11.2. The van der Waals surface area contributed by atoms with Crippen LogP contribution in [0.3, 0.4) is 0 Å². The SMILES string of the molecule is Cc1cc(CC2CCN(Cc3ccc(F)cc3)CC2)cc2c1C(C)(C=O)N(C1CCCCC1)C2. The average molecular weight is 463 g/mol. The van der Waals surface area contributed by atoms with Crippen LogP contribution in [0.5, 0.6) is 0 Å². The summed E-state index contributed by atoms with van der Waals surface area (Å²) in [6, 6.07) is 12.2. The van der Waals surface area contributed by atoms with Crippen molar-refractivity contribution in [1.82, 2.24) is 9.80 Å². The monoisotopic (exact) mass is 462 g/mol. The molecule has 2 aromatic rings. The van der Waals surface area contributed by atoms with Crippen LogP contribution in [0, 0.1) is 18.7 Å². The zero-order valence-electron chi connectivity index (χ0n) is 20.9. The predicted molar refractivity (Wildman–Crippen MR) is 135 cm³/mol. The largest absolute Gasteiger partial charge is 0.301 e. The first-order chi connectivity index (χ1) is 16.5. The van der Waals surface area contributed by atoms with Gasteiger partial charge in [0.15, 0.2) is 0 Å². The molecule has 1 aliphatic carbocycles. The fraction of sp³-hybridized carbons (Fsp3) is 0.567. The van der Waals surface area contributed by atoms with Gasteiger partial charge in [0.05, 0.1) is 0 Å². The predicted octanol–water partition coefficient (Wildman–Crippen LogP) is 6.15. The minimum Gasteiger partial charge on any atom is -0.301 e. The van der Waals surface area contributed by atoms with Crippen LogP contribution in [0.15, 0.2) is 36.4 Å². The lowest BCUT2D eigenvalue weighted by molar-refractivity contribution is -0.119. The number of halogens is 1. The fourth-order valence-corrected chi connectivity index (χ4v) is 6.96. The Morgan fingerprint density at radius 3 is 2.38 bits per heavy atom. The summed E-state index contributed by atoms with van der Waals surface area (Å²) in [6.07, 6.45) is 11.1. The highest BCUT2D eigenvalue weighted by molar-refractivity contribution is 5.71. The van der Waals surface area contributed by atoms with Crippen LogP contribution in [0.25, 0.3) is 0 Å². The summed E-state index contributed by atoms with van der Waals surface area (Å²) in [6.45, 7) is 8.38. The molecule has 1 atom stereocenters. The van der Waals surface area contributed by atoms with Gasteiger partial charge in [0.2, 0.25) is 0 Å². The number of carbonyl (C=O) groups is 1. The van der Waals surface area contributed by atoms with Crippen molar-refractivity contribution in [2.45, 2.75) is 89.9 Å². The molecular formula is C30H39FN2O. The van der Waals surface area contributed by atoms with Crippen molar-refractivity contribution in [3.05, 3.63) is 70.0 Å². The summed E-state index contributed by atoms with van der Waals surface area (Å²) < 4.78 is 13.2. The zero-order chi connectivity index (χ0) is 23.7. The highest BCUT2D eigenvalue weighted by Crippen LogP contribution is 2.44. The number of piperidine rings is 1. The standard InChI is InChI=1S/C30H39FN2O/c1-22-16-25(17-23-12-14-32(15-13-23)19-24-8-10-27(31)11-9-24)18-26-20-33(28-6-4-3-5-7-28)30(2,21-34)29(22)26/h8-11,16,18,21,23,28H,3-7,12-15,17,19-20H2,1-2H3. The van der Waals surface area contributed by atoms with Gasteiger partial charge in [-0.25, -0.2) is 4.39 Å². The number of likely N-dealkylation sites (tertiary alicyclic amines) is 1. The van der Waals surface area contributed by atoms with Crippen molar-refractivity contribution in [2.75, 3.05) is 13.1 Å². The van der Waals surface area contributed by atoms with Gasteiger partial charge < -0.3 is 4.79 Å². The second kappa shape index (κ2) is 9.91. The first-order valence-corrected chi connectivity index (χ1v) is 13.3. The van der Waals surface area contributed by atoms with Crippen LogP contribution in [-0.4, -0.2) is 35.2 Å². The third-order valence-electron chi connectivity index (χ3n) is 8.72. The number of aryl methyl sites for hydroxylation is 1. The molecule has 5 rings (SSSR count). The lowest BCUT2D eigenvalue weighted by Crippen LogP contribution is -2.47. The summed E-state index contributed by atoms with van der Waals surface area (Å²) in [5.74, 6) is 0.539. The first-order valence-electron chi connectivity index (χ1n) is 13.3. The van der Waals surface area contributed by atoms with Crippen molar-refractivity contribution in [3.63, 3.8) is 0 Å². The lowest BCUT2D eigenvalue weighted by Gasteiger charge is -2.40. The molecule has 0 bridgehead atoms. The van der Waals surface area contributed by atoms with Crippen molar-refractivity contribution in [2.24, 2.45) is 5.92 Å². The average Bonchev–Trinajstić information content (AvgIpc) is 3.15. The quantitative estimate of drug-likeness (QED) is 0.481. The summed E-state index contributed by atoms with van der Waals surface area (Å²) >= 11 is 0. The van der Waals surface area contributed by atoms with Crippen LogP contribution in [0.2, 0.25) is 0 Å². The van der Waals surface area contributed by atoms with Gasteiger partial charge in [0, 0.05) is 19.1 Å². The van der Waals surface area contributed by atoms with E-state index in [1.165, 1.54) is 79.0 Å². The van der Waals surface area contributed by atoms with E-state index in [-0.39, 0.29) is 5.82 Å². The van der Waals surface area contributed by atoms with Crippen LogP contribution in [0.4, 0.5) is 4.39 Å². The molecule has 1 saturated heterocycles. The van der Waals surface area contributed by atoms with E-state index in [0.29, 0.717) is 12.0 Å². The van der Waals surface area contributed by atoms with Crippen LogP contribution in [0.1, 0.15) is 79.7 Å². The Balaban J connectivity index is 1.24. The molecule has 3 aliphatic rings. The van der Waals surface area contributed by atoms with E-state index in [4.69, 9.17) is 0 Å². The molecule has 2 aromatic carbocycles. The molecular weight excluding hydrogens is 423 g/mol. The van der Waals surface area contributed by atoms with Crippen molar-refractivity contribution < 1.29 is 9.18 Å². The zero-order valence-corrected chi connectivity index (χ0v) is 20.9. The molecule has 2 fully saturated rings. The molecule has 34 heavy (non-hydrogen) atoms. The van der Waals surface area contributed by atoms with Gasteiger partial charge in [-0.3, -0.25) is 9.80 Å². The maximum absolute atomic E-state index is 13.2. The lowest BCUT2D eigenvalue weighted by atomic mass is 9.84. The number of fused-ring (bicyclic) bond motifs is 1. The molecule has 0 aromatic heterocycles. The fourth-order valence-electron chi connectivity index (χ4n) is 6.96. The van der Waals surface area contributed by atoms with Gasteiger partial charge >= 0.3 is 0 Å². The Hall–Kier alpha value is -2.04. The summed E-state index contributed by atoms with van der Waals surface area (Å²) in [5.41, 5.74) is 6.08. The molecule has 4 heteroatoms. The molecule has 1 saturated carbocycles. The molecule has 2 aliphatic heterocycles. The van der Waals surface area contributed by atoms with Crippen LogP contribution >= 0.6 is 0 Å². The maximum Gasteiger partial charge on any atom is 0.144 e. The van der Waals surface area contributed by atoms with Crippen molar-refractivity contribution in [3.8, 4) is 0 Å². The molecule has 1 unspecified atom stereocenters. The normalized spacial score (nSPS) is 24.9. The molecule has 182 valence electrons. The molecule has 2 heterocycles. The first kappa shape index (κ1) is 23.7. The number of rotatable bonds is 6. The van der Waals surface area contributed by atoms with Gasteiger partial charge in [-0.15, -0.1) is 0 Å². The maximum atomic E-state index is 13.2. The molecule has 3 nitrogen and oxygen atoms in total. The Morgan fingerprint density at radius 2 is 1.71 bits per heavy atom. The third-order valence-corrected chi connectivity index (χ3v) is 8.72. The van der Waals surface area contributed by atoms with E-state index in [1.807, 2.05) is 12.1 Å². The Bertz CT molecular complexity index is 1010. The van der Waals surface area contributed by atoms with E-state index in [2.05, 4.69) is 35.8 Å². The van der Waals surface area contributed by atoms with Crippen LogP contribution < -0.4 is 0 Å². The van der Waals surface area contributed by atoms with Crippen LogP contribution in [-0.2, 0) is 29.8 Å². The van der Waals surface area contributed by atoms with E-state index in [0.717, 1.165) is 32.6 Å². The van der Waals surface area contributed by atoms with Gasteiger partial charge in [-0.1, -0.05) is 43.5 Å². The van der Waals surface area contributed by atoms with E-state index < -0.39 is 5.54 Å². The van der Waals surface area contributed by atoms with Gasteiger partial charge in [-0.05, 0) is 105 Å². The third kappa shape index (κ3) is 4.72. The van der Waals surface area contributed by atoms with E-state index in [9.17, 15) is 9.18 Å². The highest BCUT2D eigenvalue weighted by Gasteiger charge is 2.45. The Kier molecular flexibility index (Phi) is 6.90. The van der Waals surface area contributed by atoms with E-state index in [1.54, 1.807) is 12.1 Å². The number of hydrogen-bond donors (Lipinski definition) is 0. The van der Waals surface area contributed by atoms with Gasteiger partial charge in [0.1, 0.15) is 17.6 Å². The smallest absolute Gasteiger partial charge is 0.144 e. The molecule has 0 spiro atoms. The number of nitrogens with zero attached hydrogens (tertiary/aromatic N) is 2. The Morgan fingerprint density at radius 1 is 1.00 bits per heavy atom. The van der Waals surface area contributed by atoms with Crippen molar-refractivity contribution in [1.29, 1.82) is 0 Å². The van der Waals surface area contributed by atoms with Gasteiger partial charge in [-0.2, -0.15) is 0 Å². The Labute approximate surface area is 204 Å². The summed E-state index contributed by atoms with van der Waals surface area (Å²) in [5, 5.41) is 0. The number of carbonyl (C=O) groups excluding carboxylic acids is 1. The minimum absolute atomic E-state index is 0.164. The van der Waals surface area contributed by atoms with Gasteiger partial charge in [0.25, 0.3) is 0 Å². The topological polar surface area (TPSA) is 23.6 Å². The molecule has 0 N–H and O–H groups in total. The number of hydrogen-bond acceptors (Lipinski definition) is 3. The minimum atomic E-state index is -0.481. The number of aldehydes is 1. The van der Waals surface area contributed by atoms with Crippen molar-refractivity contribution >= 4 is 6.29 Å². The summed E-state index contributed by atoms with van der Waals surface area (Å²) in [7, 11) is 0. The van der Waals surface area contributed by atoms with E-state index >= 15 is 0 Å². The highest BCUT2D eigenvalue weighted by atomic mass is 19.1. The second-order valence-corrected chi connectivity index (χ2v) is 11.2.